The lowest BCUT2D eigenvalue weighted by molar-refractivity contribution is 0.161. The van der Waals surface area contributed by atoms with Crippen LogP contribution >= 0.6 is 40.7 Å². The normalized spacial score (nSPS) is 16.7. The Bertz CT molecular complexity index is 445. The Morgan fingerprint density at radius 1 is 1.33 bits per heavy atom. The van der Waals surface area contributed by atoms with Gasteiger partial charge in [0.05, 0.1) is 0 Å². The fraction of sp³-hybridized carbons (Fsp3) is 0.571. The minimum absolute atomic E-state index is 0. The fourth-order valence-corrected chi connectivity index (χ4v) is 3.23. The smallest absolute Gasteiger partial charge is 0.165 e. The summed E-state index contributed by atoms with van der Waals surface area (Å²) in [4.78, 5) is 2.32. The SMILES string of the molecule is CCC[C@H](c1c(Br)ccc(F)c1O)N1CCNCC1.Cl.Cl. The van der Waals surface area contributed by atoms with E-state index in [1.165, 1.54) is 6.07 Å². The third kappa shape index (κ3) is 4.96. The molecular weight excluding hydrogens is 382 g/mol. The van der Waals surface area contributed by atoms with Gasteiger partial charge in [-0.2, -0.15) is 0 Å². The summed E-state index contributed by atoms with van der Waals surface area (Å²) in [6.45, 7) is 5.83. The van der Waals surface area contributed by atoms with Gasteiger partial charge in [-0.25, -0.2) is 4.39 Å². The van der Waals surface area contributed by atoms with Gasteiger partial charge in [0.25, 0.3) is 0 Å². The van der Waals surface area contributed by atoms with Crippen molar-refractivity contribution in [3.8, 4) is 5.75 Å². The summed E-state index contributed by atoms with van der Waals surface area (Å²) in [6, 6.07) is 3.04. The quantitative estimate of drug-likeness (QED) is 0.800. The Hall–Kier alpha value is -0.0700. The highest BCUT2D eigenvalue weighted by Crippen LogP contribution is 2.39. The summed E-state index contributed by atoms with van der Waals surface area (Å²) in [5.74, 6) is -0.763. The third-order valence-electron chi connectivity index (χ3n) is 3.60. The molecule has 3 nitrogen and oxygen atoms in total. The van der Waals surface area contributed by atoms with Crippen LogP contribution in [-0.2, 0) is 0 Å². The minimum atomic E-state index is -0.547. The molecule has 0 unspecified atom stereocenters. The highest BCUT2D eigenvalue weighted by molar-refractivity contribution is 9.10. The van der Waals surface area contributed by atoms with E-state index >= 15 is 0 Å². The molecule has 2 rings (SSSR count). The average Bonchev–Trinajstić information content (AvgIpc) is 2.43. The average molecular weight is 404 g/mol. The van der Waals surface area contributed by atoms with Crippen LogP contribution in [-0.4, -0.2) is 36.2 Å². The molecule has 1 fully saturated rings. The lowest BCUT2D eigenvalue weighted by atomic mass is 9.98. The monoisotopic (exact) mass is 402 g/mol. The van der Waals surface area contributed by atoms with Crippen molar-refractivity contribution in [3.05, 3.63) is 28.0 Å². The van der Waals surface area contributed by atoms with Gasteiger partial charge in [-0.3, -0.25) is 4.90 Å². The van der Waals surface area contributed by atoms with Crippen LogP contribution in [0, 0.1) is 5.82 Å². The lowest BCUT2D eigenvalue weighted by Gasteiger charge is -2.36. The second-order valence-corrected chi connectivity index (χ2v) is 5.74. The lowest BCUT2D eigenvalue weighted by Crippen LogP contribution is -2.45. The predicted molar refractivity (Wildman–Crippen MR) is 92.4 cm³/mol. The topological polar surface area (TPSA) is 35.5 Å². The molecule has 0 aliphatic carbocycles. The molecule has 1 atom stereocenters. The molecule has 21 heavy (non-hydrogen) atoms. The summed E-state index contributed by atoms with van der Waals surface area (Å²) in [7, 11) is 0. The summed E-state index contributed by atoms with van der Waals surface area (Å²) in [5, 5.41) is 13.4. The van der Waals surface area contributed by atoms with Gasteiger partial charge in [0.15, 0.2) is 11.6 Å². The Balaban J connectivity index is 0.00000200. The van der Waals surface area contributed by atoms with Crippen LogP contribution in [0.2, 0.25) is 0 Å². The molecule has 1 heterocycles. The van der Waals surface area contributed by atoms with Crippen LogP contribution in [0.5, 0.6) is 5.75 Å². The Labute approximate surface area is 146 Å². The highest BCUT2D eigenvalue weighted by Gasteiger charge is 2.27. The van der Waals surface area contributed by atoms with Crippen molar-refractivity contribution in [2.24, 2.45) is 0 Å². The highest BCUT2D eigenvalue weighted by atomic mass is 79.9. The zero-order chi connectivity index (χ0) is 13.8. The molecule has 1 aromatic carbocycles. The number of aromatic hydroxyl groups is 1. The number of phenolic OH excluding ortho intramolecular Hbond substituents is 1. The van der Waals surface area contributed by atoms with Gasteiger partial charge >= 0.3 is 0 Å². The van der Waals surface area contributed by atoms with Crippen molar-refractivity contribution in [1.29, 1.82) is 0 Å². The number of hydrogen-bond acceptors (Lipinski definition) is 3. The number of nitrogens with one attached hydrogen (secondary N) is 1. The summed E-state index contributed by atoms with van der Waals surface area (Å²) >= 11 is 3.45. The maximum absolute atomic E-state index is 13.6. The van der Waals surface area contributed by atoms with E-state index in [9.17, 15) is 9.50 Å². The fourth-order valence-electron chi connectivity index (χ4n) is 2.65. The van der Waals surface area contributed by atoms with E-state index in [0.29, 0.717) is 5.56 Å². The van der Waals surface area contributed by atoms with Gasteiger partial charge in [0.2, 0.25) is 0 Å². The van der Waals surface area contributed by atoms with Crippen molar-refractivity contribution in [2.75, 3.05) is 26.2 Å². The molecule has 1 aliphatic heterocycles. The van der Waals surface area contributed by atoms with Crippen molar-refractivity contribution in [2.45, 2.75) is 25.8 Å². The molecule has 7 heteroatoms. The van der Waals surface area contributed by atoms with Crippen molar-refractivity contribution in [3.63, 3.8) is 0 Å². The zero-order valence-electron chi connectivity index (χ0n) is 11.9. The first-order valence-corrected chi connectivity index (χ1v) is 7.56. The Kier molecular flexibility index (Phi) is 9.81. The largest absolute Gasteiger partial charge is 0.505 e. The second kappa shape index (κ2) is 9.85. The van der Waals surface area contributed by atoms with Crippen LogP contribution in [0.4, 0.5) is 4.39 Å². The molecule has 0 radical (unpaired) electrons. The van der Waals surface area contributed by atoms with Gasteiger partial charge in [-0.1, -0.05) is 29.3 Å². The molecule has 1 aliphatic rings. The van der Waals surface area contributed by atoms with E-state index in [-0.39, 0.29) is 36.6 Å². The van der Waals surface area contributed by atoms with Gasteiger partial charge in [0.1, 0.15) is 0 Å². The molecule has 1 saturated heterocycles. The summed E-state index contributed by atoms with van der Waals surface area (Å²) in [6.07, 6.45) is 1.91. The predicted octanol–water partition coefficient (Wildman–Crippen LogP) is 3.88. The maximum Gasteiger partial charge on any atom is 0.165 e. The molecule has 122 valence electrons. The molecular formula is C14H22BrCl2FN2O. The summed E-state index contributed by atoms with van der Waals surface area (Å²) in [5.41, 5.74) is 0.684. The van der Waals surface area contributed by atoms with Crippen LogP contribution in [0.1, 0.15) is 31.4 Å². The first-order chi connectivity index (χ1) is 9.15. The molecule has 1 aromatic rings. The van der Waals surface area contributed by atoms with Crippen molar-refractivity contribution in [1.82, 2.24) is 10.2 Å². The molecule has 2 N–H and O–H groups in total. The van der Waals surface area contributed by atoms with Crippen LogP contribution in [0.3, 0.4) is 0 Å². The molecule has 0 amide bonds. The van der Waals surface area contributed by atoms with E-state index in [2.05, 4.69) is 33.1 Å². The first-order valence-electron chi connectivity index (χ1n) is 6.76. The number of piperazine rings is 1. The summed E-state index contributed by atoms with van der Waals surface area (Å²) < 4.78 is 14.4. The minimum Gasteiger partial charge on any atom is -0.505 e. The number of halogens is 4. The molecule has 0 saturated carbocycles. The first kappa shape index (κ1) is 20.9. The molecule has 0 aromatic heterocycles. The van der Waals surface area contributed by atoms with Gasteiger partial charge in [-0.15, -0.1) is 24.8 Å². The number of hydrogen-bond donors (Lipinski definition) is 2. The Morgan fingerprint density at radius 3 is 2.52 bits per heavy atom. The zero-order valence-corrected chi connectivity index (χ0v) is 15.2. The van der Waals surface area contributed by atoms with Crippen LogP contribution < -0.4 is 5.32 Å². The van der Waals surface area contributed by atoms with Gasteiger partial charge in [-0.05, 0) is 18.6 Å². The van der Waals surface area contributed by atoms with Crippen LogP contribution in [0.25, 0.3) is 0 Å². The van der Waals surface area contributed by atoms with E-state index in [0.717, 1.165) is 43.5 Å². The van der Waals surface area contributed by atoms with E-state index < -0.39 is 5.82 Å². The number of benzene rings is 1. The Morgan fingerprint density at radius 2 is 1.95 bits per heavy atom. The van der Waals surface area contributed by atoms with E-state index in [1.54, 1.807) is 6.07 Å². The molecule has 0 spiro atoms. The van der Waals surface area contributed by atoms with E-state index in [4.69, 9.17) is 0 Å². The molecule has 0 bridgehead atoms. The van der Waals surface area contributed by atoms with Gasteiger partial charge in [0, 0.05) is 42.3 Å². The number of nitrogens with zero attached hydrogens (tertiary/aromatic N) is 1. The third-order valence-corrected chi connectivity index (χ3v) is 4.29. The number of rotatable bonds is 4. The maximum atomic E-state index is 13.6. The number of phenols is 1. The van der Waals surface area contributed by atoms with Gasteiger partial charge < -0.3 is 10.4 Å². The van der Waals surface area contributed by atoms with E-state index in [1.807, 2.05) is 0 Å². The van der Waals surface area contributed by atoms with Crippen molar-refractivity contribution < 1.29 is 9.50 Å². The van der Waals surface area contributed by atoms with Crippen LogP contribution in [0.15, 0.2) is 16.6 Å². The second-order valence-electron chi connectivity index (χ2n) is 4.88. The van der Waals surface area contributed by atoms with Crippen molar-refractivity contribution >= 4 is 40.7 Å². The standard InChI is InChI=1S/C14H20BrFN2O.2ClH/c1-2-3-12(18-8-6-17-7-9-18)13-10(15)4-5-11(16)14(13)19;;/h4-5,12,17,19H,2-3,6-9H2,1H3;2*1H/t12-;;/m1../s1.